The van der Waals surface area contributed by atoms with Gasteiger partial charge in [-0.15, -0.1) is 0 Å². The van der Waals surface area contributed by atoms with Crippen molar-refractivity contribution in [2.24, 2.45) is 5.92 Å². The Morgan fingerprint density at radius 1 is 1.07 bits per heavy atom. The number of hydrogen-bond donors (Lipinski definition) is 0. The van der Waals surface area contributed by atoms with Crippen LogP contribution in [-0.2, 0) is 6.42 Å². The lowest BCUT2D eigenvalue weighted by Crippen LogP contribution is -2.08. The summed E-state index contributed by atoms with van der Waals surface area (Å²) in [6, 6.07) is 8.31. The second-order valence-electron chi connectivity index (χ2n) is 4.37. The SMILES string of the molecule is CC(C)Cc1ccccc1OC(C)C. The number of ether oxygens (including phenoxy) is 1. The van der Waals surface area contributed by atoms with E-state index in [1.807, 2.05) is 6.07 Å². The van der Waals surface area contributed by atoms with Crippen LogP contribution >= 0.6 is 0 Å². The Hall–Kier alpha value is -0.980. The van der Waals surface area contributed by atoms with Crippen LogP contribution in [0.3, 0.4) is 0 Å². The molecule has 0 atom stereocenters. The Morgan fingerprint density at radius 3 is 2.29 bits per heavy atom. The summed E-state index contributed by atoms with van der Waals surface area (Å²) < 4.78 is 5.75. The molecule has 1 aromatic carbocycles. The summed E-state index contributed by atoms with van der Waals surface area (Å²) in [4.78, 5) is 0. The first kappa shape index (κ1) is 11.1. The lowest BCUT2D eigenvalue weighted by molar-refractivity contribution is 0.239. The van der Waals surface area contributed by atoms with Crippen LogP contribution in [0.25, 0.3) is 0 Å². The summed E-state index contributed by atoms with van der Waals surface area (Å²) in [6.45, 7) is 8.58. The normalized spacial score (nSPS) is 11.0. The van der Waals surface area contributed by atoms with Gasteiger partial charge in [-0.05, 0) is 37.8 Å². The molecule has 0 N–H and O–H groups in total. The zero-order valence-corrected chi connectivity index (χ0v) is 9.58. The Morgan fingerprint density at radius 2 is 1.71 bits per heavy atom. The third-order valence-corrected chi connectivity index (χ3v) is 1.96. The highest BCUT2D eigenvalue weighted by molar-refractivity contribution is 5.33. The van der Waals surface area contributed by atoms with Gasteiger partial charge in [-0.1, -0.05) is 32.0 Å². The van der Waals surface area contributed by atoms with Crippen molar-refractivity contribution in [2.45, 2.75) is 40.2 Å². The molecule has 0 saturated heterocycles. The van der Waals surface area contributed by atoms with Crippen LogP contribution in [0.4, 0.5) is 0 Å². The molecular formula is C13H20O. The summed E-state index contributed by atoms with van der Waals surface area (Å²) >= 11 is 0. The maximum Gasteiger partial charge on any atom is 0.122 e. The van der Waals surface area contributed by atoms with Crippen molar-refractivity contribution in [3.63, 3.8) is 0 Å². The predicted molar refractivity (Wildman–Crippen MR) is 60.7 cm³/mol. The molecule has 0 spiro atoms. The van der Waals surface area contributed by atoms with E-state index in [4.69, 9.17) is 4.74 Å². The lowest BCUT2D eigenvalue weighted by Gasteiger charge is -2.15. The number of rotatable bonds is 4. The van der Waals surface area contributed by atoms with E-state index in [0.29, 0.717) is 5.92 Å². The first-order valence-corrected chi connectivity index (χ1v) is 5.34. The molecule has 1 heteroatoms. The van der Waals surface area contributed by atoms with Gasteiger partial charge in [0.25, 0.3) is 0 Å². The molecule has 1 nitrogen and oxygen atoms in total. The minimum Gasteiger partial charge on any atom is -0.491 e. The van der Waals surface area contributed by atoms with E-state index in [1.54, 1.807) is 0 Å². The molecule has 1 rings (SSSR count). The van der Waals surface area contributed by atoms with E-state index < -0.39 is 0 Å². The lowest BCUT2D eigenvalue weighted by atomic mass is 10.0. The smallest absolute Gasteiger partial charge is 0.122 e. The highest BCUT2D eigenvalue weighted by atomic mass is 16.5. The first-order chi connectivity index (χ1) is 6.59. The van der Waals surface area contributed by atoms with Gasteiger partial charge in [-0.2, -0.15) is 0 Å². The topological polar surface area (TPSA) is 9.23 Å². The maximum absolute atomic E-state index is 5.75. The Bertz CT molecular complexity index is 247. The summed E-state index contributed by atoms with van der Waals surface area (Å²) in [5, 5.41) is 0. The Labute approximate surface area is 87.1 Å². The van der Waals surface area contributed by atoms with Gasteiger partial charge in [0.05, 0.1) is 6.10 Å². The molecule has 0 aliphatic carbocycles. The molecule has 0 aliphatic rings. The van der Waals surface area contributed by atoms with E-state index in [9.17, 15) is 0 Å². The fourth-order valence-corrected chi connectivity index (χ4v) is 1.48. The molecular weight excluding hydrogens is 172 g/mol. The molecule has 1 aromatic rings. The van der Waals surface area contributed by atoms with Crippen LogP contribution in [0.1, 0.15) is 33.3 Å². The molecule has 0 aromatic heterocycles. The summed E-state index contributed by atoms with van der Waals surface area (Å²) in [5.74, 6) is 1.71. The van der Waals surface area contributed by atoms with Crippen LogP contribution in [0.15, 0.2) is 24.3 Å². The zero-order valence-electron chi connectivity index (χ0n) is 9.58. The minimum atomic E-state index is 0.253. The molecule has 0 radical (unpaired) electrons. The predicted octanol–water partition coefficient (Wildman–Crippen LogP) is 3.67. The summed E-state index contributed by atoms with van der Waals surface area (Å²) in [7, 11) is 0. The Balaban J connectivity index is 2.80. The summed E-state index contributed by atoms with van der Waals surface area (Å²) in [6.07, 6.45) is 1.34. The van der Waals surface area contributed by atoms with Gasteiger partial charge >= 0.3 is 0 Å². The van der Waals surface area contributed by atoms with Gasteiger partial charge in [-0.25, -0.2) is 0 Å². The second kappa shape index (κ2) is 5.04. The van der Waals surface area contributed by atoms with Gasteiger partial charge in [0, 0.05) is 0 Å². The zero-order chi connectivity index (χ0) is 10.6. The molecule has 78 valence electrons. The Kier molecular flexibility index (Phi) is 3.99. The number of para-hydroxylation sites is 1. The summed E-state index contributed by atoms with van der Waals surface area (Å²) in [5.41, 5.74) is 1.32. The van der Waals surface area contributed by atoms with Crippen molar-refractivity contribution in [1.29, 1.82) is 0 Å². The van der Waals surface area contributed by atoms with Gasteiger partial charge in [-0.3, -0.25) is 0 Å². The number of hydrogen-bond acceptors (Lipinski definition) is 1. The van der Waals surface area contributed by atoms with Crippen molar-refractivity contribution in [3.8, 4) is 5.75 Å². The third-order valence-electron chi connectivity index (χ3n) is 1.96. The van der Waals surface area contributed by atoms with Crippen LogP contribution in [0.2, 0.25) is 0 Å². The highest BCUT2D eigenvalue weighted by Crippen LogP contribution is 2.22. The van der Waals surface area contributed by atoms with Crippen molar-refractivity contribution >= 4 is 0 Å². The fourth-order valence-electron chi connectivity index (χ4n) is 1.48. The third kappa shape index (κ3) is 3.41. The van der Waals surface area contributed by atoms with Gasteiger partial charge in [0.1, 0.15) is 5.75 Å². The molecule has 0 saturated carbocycles. The van der Waals surface area contributed by atoms with Gasteiger partial charge < -0.3 is 4.74 Å². The monoisotopic (exact) mass is 192 g/mol. The van der Waals surface area contributed by atoms with Gasteiger partial charge in [0.15, 0.2) is 0 Å². The standard InChI is InChI=1S/C13H20O/c1-10(2)9-12-7-5-6-8-13(12)14-11(3)4/h5-8,10-11H,9H2,1-4H3. The molecule has 0 bridgehead atoms. The van der Waals surface area contributed by atoms with E-state index in [2.05, 4.69) is 45.9 Å². The molecule has 0 heterocycles. The van der Waals surface area contributed by atoms with Crippen molar-refractivity contribution < 1.29 is 4.74 Å². The molecule has 0 aliphatic heterocycles. The minimum absolute atomic E-state index is 0.253. The van der Waals surface area contributed by atoms with E-state index >= 15 is 0 Å². The quantitative estimate of drug-likeness (QED) is 0.707. The van der Waals surface area contributed by atoms with Crippen LogP contribution < -0.4 is 4.74 Å². The van der Waals surface area contributed by atoms with Crippen molar-refractivity contribution in [1.82, 2.24) is 0 Å². The largest absolute Gasteiger partial charge is 0.491 e. The average Bonchev–Trinajstić information content (AvgIpc) is 2.06. The fraction of sp³-hybridized carbons (Fsp3) is 0.538. The number of benzene rings is 1. The highest BCUT2D eigenvalue weighted by Gasteiger charge is 2.06. The van der Waals surface area contributed by atoms with Crippen LogP contribution in [0, 0.1) is 5.92 Å². The van der Waals surface area contributed by atoms with Crippen LogP contribution in [0.5, 0.6) is 5.75 Å². The maximum atomic E-state index is 5.75. The first-order valence-electron chi connectivity index (χ1n) is 5.34. The molecule has 0 amide bonds. The average molecular weight is 192 g/mol. The van der Waals surface area contributed by atoms with E-state index in [-0.39, 0.29) is 6.10 Å². The second-order valence-corrected chi connectivity index (χ2v) is 4.37. The molecule has 0 fully saturated rings. The van der Waals surface area contributed by atoms with Gasteiger partial charge in [0.2, 0.25) is 0 Å². The van der Waals surface area contributed by atoms with Crippen LogP contribution in [-0.4, -0.2) is 6.10 Å². The van der Waals surface area contributed by atoms with E-state index in [1.165, 1.54) is 5.56 Å². The van der Waals surface area contributed by atoms with Crippen molar-refractivity contribution in [3.05, 3.63) is 29.8 Å². The molecule has 14 heavy (non-hydrogen) atoms. The van der Waals surface area contributed by atoms with E-state index in [0.717, 1.165) is 12.2 Å². The van der Waals surface area contributed by atoms with Crippen molar-refractivity contribution in [2.75, 3.05) is 0 Å². The molecule has 0 unspecified atom stereocenters.